The molecule has 0 saturated carbocycles. The molecule has 0 unspecified atom stereocenters. The maximum Gasteiger partial charge on any atom is 0.173 e. The van der Waals surface area contributed by atoms with Gasteiger partial charge in [-0.2, -0.15) is 0 Å². The van der Waals surface area contributed by atoms with Crippen LogP contribution in [0, 0.1) is 0 Å². The van der Waals surface area contributed by atoms with E-state index >= 15 is 0 Å². The average Bonchev–Trinajstić information content (AvgIpc) is 2.67. The van der Waals surface area contributed by atoms with Crippen LogP contribution in [0.1, 0.15) is 13.3 Å². The van der Waals surface area contributed by atoms with Crippen LogP contribution in [0.5, 0.6) is 0 Å². The molecule has 128 valence electrons. The quantitative estimate of drug-likeness (QED) is 0.566. The molecule has 0 aliphatic rings. The standard InChI is InChI=1S/C19H22N6/c1-2-13-21-18-17(20)19(23-14-22-18)24-25(15-9-5-3-6-10-15)16-11-7-4-8-12-16/h3-12,14H,2,13,20H2,1H3,(H2,21,22,23,24). The molecule has 0 atom stereocenters. The predicted octanol–water partition coefficient (Wildman–Crippen LogP) is 4.05. The fraction of sp³-hybridized carbons (Fsp3) is 0.158. The zero-order valence-electron chi connectivity index (χ0n) is 14.2. The zero-order valence-corrected chi connectivity index (χ0v) is 14.2. The van der Waals surface area contributed by atoms with Crippen LogP contribution in [0.25, 0.3) is 0 Å². The first-order chi connectivity index (χ1) is 12.3. The van der Waals surface area contributed by atoms with Gasteiger partial charge in [0.1, 0.15) is 12.0 Å². The summed E-state index contributed by atoms with van der Waals surface area (Å²) in [6, 6.07) is 20.0. The van der Waals surface area contributed by atoms with Crippen molar-refractivity contribution in [3.63, 3.8) is 0 Å². The second-order valence-corrected chi connectivity index (χ2v) is 5.53. The van der Waals surface area contributed by atoms with Gasteiger partial charge < -0.3 is 11.1 Å². The van der Waals surface area contributed by atoms with Gasteiger partial charge in [-0.15, -0.1) is 0 Å². The van der Waals surface area contributed by atoms with Crippen molar-refractivity contribution < 1.29 is 0 Å². The fourth-order valence-electron chi connectivity index (χ4n) is 2.41. The number of hydrazine groups is 1. The van der Waals surface area contributed by atoms with Crippen molar-refractivity contribution in [2.45, 2.75) is 13.3 Å². The highest BCUT2D eigenvalue weighted by molar-refractivity contribution is 5.77. The Morgan fingerprint density at radius 3 is 2.00 bits per heavy atom. The van der Waals surface area contributed by atoms with Crippen LogP contribution in [0.15, 0.2) is 67.0 Å². The van der Waals surface area contributed by atoms with Gasteiger partial charge in [-0.05, 0) is 30.7 Å². The van der Waals surface area contributed by atoms with Crippen molar-refractivity contribution in [2.75, 3.05) is 28.0 Å². The molecule has 1 heterocycles. The number of para-hydroxylation sites is 2. The maximum absolute atomic E-state index is 6.25. The molecule has 0 aliphatic heterocycles. The molecular weight excluding hydrogens is 312 g/mol. The molecule has 3 rings (SSSR count). The average molecular weight is 334 g/mol. The van der Waals surface area contributed by atoms with Gasteiger partial charge in [-0.3, -0.25) is 10.4 Å². The predicted molar refractivity (Wildman–Crippen MR) is 104 cm³/mol. The van der Waals surface area contributed by atoms with Crippen molar-refractivity contribution in [1.82, 2.24) is 9.97 Å². The van der Waals surface area contributed by atoms with Gasteiger partial charge in [0.05, 0.1) is 11.4 Å². The van der Waals surface area contributed by atoms with E-state index in [0.29, 0.717) is 17.3 Å². The summed E-state index contributed by atoms with van der Waals surface area (Å²) in [7, 11) is 0. The largest absolute Gasteiger partial charge is 0.393 e. The molecule has 0 aliphatic carbocycles. The van der Waals surface area contributed by atoms with Gasteiger partial charge in [-0.25, -0.2) is 9.97 Å². The molecule has 4 N–H and O–H groups in total. The molecule has 0 fully saturated rings. The van der Waals surface area contributed by atoms with Crippen LogP contribution in [0.3, 0.4) is 0 Å². The number of nitrogens with two attached hydrogens (primary N) is 1. The molecule has 0 spiro atoms. The summed E-state index contributed by atoms with van der Waals surface area (Å²) in [5.41, 5.74) is 12.0. The summed E-state index contributed by atoms with van der Waals surface area (Å²) >= 11 is 0. The first kappa shape index (κ1) is 16.6. The van der Waals surface area contributed by atoms with Gasteiger partial charge >= 0.3 is 0 Å². The molecule has 0 amide bonds. The molecule has 0 saturated heterocycles. The van der Waals surface area contributed by atoms with E-state index in [1.165, 1.54) is 6.33 Å². The van der Waals surface area contributed by atoms with Crippen molar-refractivity contribution in [2.24, 2.45) is 0 Å². The minimum atomic E-state index is 0.493. The minimum Gasteiger partial charge on any atom is -0.393 e. The number of nitrogens with zero attached hydrogens (tertiary/aromatic N) is 3. The van der Waals surface area contributed by atoms with Crippen LogP contribution >= 0.6 is 0 Å². The number of nitrogens with one attached hydrogen (secondary N) is 2. The highest BCUT2D eigenvalue weighted by Gasteiger charge is 2.13. The lowest BCUT2D eigenvalue weighted by Gasteiger charge is -2.26. The van der Waals surface area contributed by atoms with Gasteiger partial charge in [0.2, 0.25) is 0 Å². The minimum absolute atomic E-state index is 0.493. The monoisotopic (exact) mass is 334 g/mol. The summed E-state index contributed by atoms with van der Waals surface area (Å²) in [6.45, 7) is 2.90. The second-order valence-electron chi connectivity index (χ2n) is 5.53. The van der Waals surface area contributed by atoms with Crippen molar-refractivity contribution >= 4 is 28.7 Å². The Labute approximate surface area is 147 Å². The summed E-state index contributed by atoms with van der Waals surface area (Å²) in [6.07, 6.45) is 2.50. The summed E-state index contributed by atoms with van der Waals surface area (Å²) in [5, 5.41) is 5.17. The number of hydrogen-bond donors (Lipinski definition) is 3. The van der Waals surface area contributed by atoms with Gasteiger partial charge in [0.25, 0.3) is 0 Å². The number of anilines is 5. The summed E-state index contributed by atoms with van der Waals surface area (Å²) in [4.78, 5) is 8.53. The zero-order chi connectivity index (χ0) is 17.5. The molecule has 3 aromatic rings. The third kappa shape index (κ3) is 3.98. The first-order valence-corrected chi connectivity index (χ1v) is 8.31. The molecule has 2 aromatic carbocycles. The van der Waals surface area contributed by atoms with E-state index in [1.54, 1.807) is 0 Å². The Morgan fingerprint density at radius 2 is 1.44 bits per heavy atom. The number of aromatic nitrogens is 2. The van der Waals surface area contributed by atoms with Crippen molar-refractivity contribution in [3.8, 4) is 0 Å². The Hall–Kier alpha value is -3.28. The lowest BCUT2D eigenvalue weighted by atomic mass is 10.2. The van der Waals surface area contributed by atoms with E-state index in [0.717, 1.165) is 24.3 Å². The molecule has 6 heteroatoms. The third-order valence-corrected chi connectivity index (χ3v) is 3.67. The van der Waals surface area contributed by atoms with E-state index < -0.39 is 0 Å². The van der Waals surface area contributed by atoms with Crippen LogP contribution in [0.4, 0.5) is 28.7 Å². The van der Waals surface area contributed by atoms with Gasteiger partial charge in [0.15, 0.2) is 11.6 Å². The third-order valence-electron chi connectivity index (χ3n) is 3.67. The Kier molecular flexibility index (Phi) is 5.31. The first-order valence-electron chi connectivity index (χ1n) is 8.31. The Bertz CT molecular complexity index is 752. The van der Waals surface area contributed by atoms with E-state index in [-0.39, 0.29) is 0 Å². The maximum atomic E-state index is 6.25. The molecule has 6 nitrogen and oxygen atoms in total. The van der Waals surface area contributed by atoms with Gasteiger partial charge in [0, 0.05) is 6.54 Å². The topological polar surface area (TPSA) is 79.1 Å². The molecular formula is C19H22N6. The number of nitrogen functional groups attached to an aromatic ring is 1. The number of hydrogen-bond acceptors (Lipinski definition) is 6. The number of rotatable bonds is 7. The van der Waals surface area contributed by atoms with Crippen molar-refractivity contribution in [1.29, 1.82) is 0 Å². The molecule has 1 aromatic heterocycles. The van der Waals surface area contributed by atoms with E-state index in [2.05, 4.69) is 27.6 Å². The molecule has 25 heavy (non-hydrogen) atoms. The summed E-state index contributed by atoms with van der Waals surface area (Å²) in [5.74, 6) is 1.20. The smallest absolute Gasteiger partial charge is 0.173 e. The lowest BCUT2D eigenvalue weighted by Crippen LogP contribution is -2.26. The summed E-state index contributed by atoms with van der Waals surface area (Å²) < 4.78 is 0. The SMILES string of the molecule is CCCNc1ncnc(NN(c2ccccc2)c2ccccc2)c1N. The van der Waals surface area contributed by atoms with Crippen LogP contribution < -0.4 is 21.5 Å². The van der Waals surface area contributed by atoms with Crippen molar-refractivity contribution in [3.05, 3.63) is 67.0 Å². The fourth-order valence-corrected chi connectivity index (χ4v) is 2.41. The lowest BCUT2D eigenvalue weighted by molar-refractivity contribution is 0.965. The van der Waals surface area contributed by atoms with Gasteiger partial charge in [-0.1, -0.05) is 43.3 Å². The normalized spacial score (nSPS) is 10.3. The highest BCUT2D eigenvalue weighted by Crippen LogP contribution is 2.29. The van der Waals surface area contributed by atoms with E-state index in [1.807, 2.05) is 65.7 Å². The van der Waals surface area contributed by atoms with E-state index in [4.69, 9.17) is 5.73 Å². The Morgan fingerprint density at radius 1 is 0.880 bits per heavy atom. The molecule has 0 bridgehead atoms. The highest BCUT2D eigenvalue weighted by atomic mass is 15.5. The second kappa shape index (κ2) is 8.01. The van der Waals surface area contributed by atoms with Crippen LogP contribution in [0.2, 0.25) is 0 Å². The molecule has 0 radical (unpaired) electrons. The van der Waals surface area contributed by atoms with Crippen LogP contribution in [-0.4, -0.2) is 16.5 Å². The Balaban J connectivity index is 1.94. The van der Waals surface area contributed by atoms with E-state index in [9.17, 15) is 0 Å². The van der Waals surface area contributed by atoms with Crippen LogP contribution in [-0.2, 0) is 0 Å². The number of benzene rings is 2.